The third kappa shape index (κ3) is 3.51. The molecule has 0 spiro atoms. The van der Waals surface area contributed by atoms with Crippen molar-refractivity contribution in [2.75, 3.05) is 12.4 Å². The van der Waals surface area contributed by atoms with E-state index in [1.165, 1.54) is 0 Å². The highest BCUT2D eigenvalue weighted by molar-refractivity contribution is 9.10. The number of primary amides is 1. The first-order valence-corrected chi connectivity index (χ1v) is 6.85. The van der Waals surface area contributed by atoms with Gasteiger partial charge < -0.3 is 15.8 Å². The molecule has 0 bridgehead atoms. The van der Waals surface area contributed by atoms with E-state index in [2.05, 4.69) is 21.2 Å². The van der Waals surface area contributed by atoms with Crippen molar-refractivity contribution in [3.05, 3.63) is 58.6 Å². The number of carbonyl (C=O) groups excluding carboxylic acids is 1. The first-order valence-electron chi connectivity index (χ1n) is 6.05. The second-order valence-corrected chi connectivity index (χ2v) is 5.18. The Kier molecular flexibility index (Phi) is 4.63. The minimum absolute atomic E-state index is 0.446. The average Bonchev–Trinajstić information content (AvgIpc) is 2.44. The van der Waals surface area contributed by atoms with Crippen LogP contribution in [0.4, 0.5) is 5.69 Å². The van der Waals surface area contributed by atoms with Gasteiger partial charge in [0.2, 0.25) is 5.91 Å². The van der Waals surface area contributed by atoms with Crippen LogP contribution in [-0.2, 0) is 4.79 Å². The van der Waals surface area contributed by atoms with Crippen LogP contribution in [0.5, 0.6) is 5.75 Å². The SMILES string of the molecule is COc1cccc(C(Nc2cccc(Br)c2)C(N)=O)c1. The fraction of sp³-hybridized carbons (Fsp3) is 0.133. The second-order valence-electron chi connectivity index (χ2n) is 4.27. The fourth-order valence-electron chi connectivity index (χ4n) is 1.88. The van der Waals surface area contributed by atoms with E-state index in [1.54, 1.807) is 13.2 Å². The molecule has 0 radical (unpaired) electrons. The van der Waals surface area contributed by atoms with Gasteiger partial charge in [-0.3, -0.25) is 4.79 Å². The van der Waals surface area contributed by atoms with Gasteiger partial charge in [-0.15, -0.1) is 0 Å². The first kappa shape index (κ1) is 14.4. The molecule has 2 rings (SSSR count). The molecule has 4 nitrogen and oxygen atoms in total. The number of carbonyl (C=O) groups is 1. The molecule has 0 fully saturated rings. The van der Waals surface area contributed by atoms with Crippen molar-refractivity contribution in [3.8, 4) is 5.75 Å². The van der Waals surface area contributed by atoms with Crippen LogP contribution in [0.3, 0.4) is 0 Å². The van der Waals surface area contributed by atoms with Gasteiger partial charge in [-0.2, -0.15) is 0 Å². The molecule has 5 heteroatoms. The van der Waals surface area contributed by atoms with Crippen molar-refractivity contribution in [2.24, 2.45) is 5.73 Å². The standard InChI is InChI=1S/C15H15BrN2O2/c1-20-13-7-2-4-10(8-13)14(15(17)19)18-12-6-3-5-11(16)9-12/h2-9,14,18H,1H3,(H2,17,19). The van der Waals surface area contributed by atoms with Crippen molar-refractivity contribution in [3.63, 3.8) is 0 Å². The summed E-state index contributed by atoms with van der Waals surface area (Å²) in [5, 5.41) is 3.13. The largest absolute Gasteiger partial charge is 0.497 e. The maximum atomic E-state index is 11.7. The Morgan fingerprint density at radius 2 is 2.00 bits per heavy atom. The van der Waals surface area contributed by atoms with E-state index in [0.29, 0.717) is 5.75 Å². The highest BCUT2D eigenvalue weighted by Crippen LogP contribution is 2.24. The van der Waals surface area contributed by atoms with Crippen molar-refractivity contribution in [2.45, 2.75) is 6.04 Å². The number of methoxy groups -OCH3 is 1. The summed E-state index contributed by atoms with van der Waals surface area (Å²) in [7, 11) is 1.58. The lowest BCUT2D eigenvalue weighted by molar-refractivity contribution is -0.118. The summed E-state index contributed by atoms with van der Waals surface area (Å²) >= 11 is 3.39. The van der Waals surface area contributed by atoms with Gasteiger partial charge in [0, 0.05) is 10.2 Å². The lowest BCUT2D eigenvalue weighted by Crippen LogP contribution is -2.27. The Balaban J connectivity index is 2.29. The van der Waals surface area contributed by atoms with Crippen molar-refractivity contribution in [1.29, 1.82) is 0 Å². The summed E-state index contributed by atoms with van der Waals surface area (Å²) < 4.78 is 6.09. The number of anilines is 1. The number of nitrogens with one attached hydrogen (secondary N) is 1. The predicted molar refractivity (Wildman–Crippen MR) is 82.7 cm³/mol. The summed E-state index contributed by atoms with van der Waals surface area (Å²) in [5.41, 5.74) is 7.06. The average molecular weight is 335 g/mol. The van der Waals surface area contributed by atoms with Crippen LogP contribution in [-0.4, -0.2) is 13.0 Å². The normalized spacial score (nSPS) is 11.7. The van der Waals surface area contributed by atoms with Crippen LogP contribution in [0.2, 0.25) is 0 Å². The zero-order chi connectivity index (χ0) is 14.5. The van der Waals surface area contributed by atoms with Crippen LogP contribution in [0.1, 0.15) is 11.6 Å². The molecule has 2 aromatic rings. The predicted octanol–water partition coefficient (Wildman–Crippen LogP) is 3.10. The number of hydrogen-bond acceptors (Lipinski definition) is 3. The number of benzene rings is 2. The fourth-order valence-corrected chi connectivity index (χ4v) is 2.28. The van der Waals surface area contributed by atoms with E-state index >= 15 is 0 Å². The second kappa shape index (κ2) is 6.43. The minimum Gasteiger partial charge on any atom is -0.497 e. The lowest BCUT2D eigenvalue weighted by Gasteiger charge is -2.18. The number of halogens is 1. The summed E-state index contributed by atoms with van der Waals surface area (Å²) in [6.45, 7) is 0. The van der Waals surface area contributed by atoms with E-state index in [0.717, 1.165) is 15.7 Å². The van der Waals surface area contributed by atoms with E-state index in [9.17, 15) is 4.79 Å². The minimum atomic E-state index is -0.612. The molecule has 0 aliphatic carbocycles. The van der Waals surface area contributed by atoms with Gasteiger partial charge in [0.25, 0.3) is 0 Å². The molecule has 104 valence electrons. The number of hydrogen-bond donors (Lipinski definition) is 2. The van der Waals surface area contributed by atoms with Crippen molar-refractivity contribution < 1.29 is 9.53 Å². The maximum absolute atomic E-state index is 11.7. The van der Waals surface area contributed by atoms with E-state index in [4.69, 9.17) is 10.5 Å². The van der Waals surface area contributed by atoms with E-state index < -0.39 is 11.9 Å². The molecule has 1 amide bonds. The van der Waals surface area contributed by atoms with Crippen LogP contribution < -0.4 is 15.8 Å². The third-order valence-electron chi connectivity index (χ3n) is 2.85. The van der Waals surface area contributed by atoms with Gasteiger partial charge in [-0.25, -0.2) is 0 Å². The third-order valence-corrected chi connectivity index (χ3v) is 3.34. The van der Waals surface area contributed by atoms with Gasteiger partial charge in [-0.1, -0.05) is 34.1 Å². The Morgan fingerprint density at radius 1 is 1.25 bits per heavy atom. The summed E-state index contributed by atoms with van der Waals surface area (Å²) in [6, 6.07) is 14.2. The molecule has 0 heterocycles. The van der Waals surface area contributed by atoms with E-state index in [1.807, 2.05) is 42.5 Å². The molecule has 0 aliphatic heterocycles. The van der Waals surface area contributed by atoms with Crippen LogP contribution in [0.15, 0.2) is 53.0 Å². The number of rotatable bonds is 5. The molecule has 0 saturated heterocycles. The molecule has 2 aromatic carbocycles. The Morgan fingerprint density at radius 3 is 2.65 bits per heavy atom. The number of nitrogens with two attached hydrogens (primary N) is 1. The Labute approximate surface area is 126 Å². The first-order chi connectivity index (χ1) is 9.60. The summed E-state index contributed by atoms with van der Waals surface area (Å²) in [5.74, 6) is 0.239. The highest BCUT2D eigenvalue weighted by Gasteiger charge is 2.18. The number of amides is 1. The molecule has 1 atom stereocenters. The van der Waals surface area contributed by atoms with Crippen molar-refractivity contribution >= 4 is 27.5 Å². The number of ether oxygens (including phenoxy) is 1. The maximum Gasteiger partial charge on any atom is 0.244 e. The van der Waals surface area contributed by atoms with Gasteiger partial charge >= 0.3 is 0 Å². The smallest absolute Gasteiger partial charge is 0.244 e. The molecular formula is C15H15BrN2O2. The van der Waals surface area contributed by atoms with Crippen LogP contribution >= 0.6 is 15.9 Å². The zero-order valence-electron chi connectivity index (χ0n) is 11.0. The monoisotopic (exact) mass is 334 g/mol. The quantitative estimate of drug-likeness (QED) is 0.883. The van der Waals surface area contributed by atoms with Crippen molar-refractivity contribution in [1.82, 2.24) is 0 Å². The van der Waals surface area contributed by atoms with Gasteiger partial charge in [0.1, 0.15) is 11.8 Å². The molecule has 0 aromatic heterocycles. The summed E-state index contributed by atoms with van der Waals surface area (Å²) in [4.78, 5) is 11.7. The van der Waals surface area contributed by atoms with E-state index in [-0.39, 0.29) is 0 Å². The molecular weight excluding hydrogens is 320 g/mol. The van der Waals surface area contributed by atoms with Crippen LogP contribution in [0.25, 0.3) is 0 Å². The lowest BCUT2D eigenvalue weighted by atomic mass is 10.1. The summed E-state index contributed by atoms with van der Waals surface area (Å²) in [6.07, 6.45) is 0. The van der Waals surface area contributed by atoms with Gasteiger partial charge in [0.15, 0.2) is 0 Å². The topological polar surface area (TPSA) is 64.3 Å². The highest BCUT2D eigenvalue weighted by atomic mass is 79.9. The Bertz CT molecular complexity index is 616. The molecule has 0 aliphatic rings. The van der Waals surface area contributed by atoms with Gasteiger partial charge in [-0.05, 0) is 35.9 Å². The molecule has 20 heavy (non-hydrogen) atoms. The molecule has 1 unspecified atom stereocenters. The van der Waals surface area contributed by atoms with Crippen LogP contribution in [0, 0.1) is 0 Å². The Hall–Kier alpha value is -2.01. The molecule has 3 N–H and O–H groups in total. The zero-order valence-corrected chi connectivity index (χ0v) is 12.6. The van der Waals surface area contributed by atoms with Gasteiger partial charge in [0.05, 0.1) is 7.11 Å². The molecule has 0 saturated carbocycles.